The van der Waals surface area contributed by atoms with E-state index >= 15 is 0 Å². The predicted molar refractivity (Wildman–Crippen MR) is 102 cm³/mol. The van der Waals surface area contributed by atoms with E-state index < -0.39 is 0 Å². The molecule has 140 valence electrons. The van der Waals surface area contributed by atoms with Gasteiger partial charge in [-0.05, 0) is 62.9 Å². The van der Waals surface area contributed by atoms with E-state index in [1.165, 1.54) is 18.4 Å². The number of hydrogen-bond acceptors (Lipinski definition) is 5. The molecule has 0 spiro atoms. The highest BCUT2D eigenvalue weighted by molar-refractivity contribution is 5.80. The third-order valence-electron chi connectivity index (χ3n) is 5.99. The SMILES string of the molecule is Cc1cc(=O)oc2cc(CN3CCC(N4CCC(O)CC4)CC3)ccc12. The number of hydrogen-bond donors (Lipinski definition) is 1. The average molecular weight is 356 g/mol. The van der Waals surface area contributed by atoms with Crippen molar-refractivity contribution < 1.29 is 9.52 Å². The second-order valence-corrected chi connectivity index (χ2v) is 7.85. The van der Waals surface area contributed by atoms with E-state index in [0.717, 1.165) is 56.5 Å². The van der Waals surface area contributed by atoms with Crippen LogP contribution in [0, 0.1) is 6.92 Å². The van der Waals surface area contributed by atoms with Gasteiger partial charge in [0.15, 0.2) is 0 Å². The van der Waals surface area contributed by atoms with Gasteiger partial charge in [-0.3, -0.25) is 4.90 Å². The second-order valence-electron chi connectivity index (χ2n) is 7.85. The highest BCUT2D eigenvalue weighted by Gasteiger charge is 2.27. The Morgan fingerprint density at radius 1 is 1.08 bits per heavy atom. The van der Waals surface area contributed by atoms with Gasteiger partial charge in [-0.1, -0.05) is 12.1 Å². The number of aliphatic hydroxyl groups is 1. The number of rotatable bonds is 3. The number of aliphatic hydroxyl groups excluding tert-OH is 1. The highest BCUT2D eigenvalue weighted by Crippen LogP contribution is 2.23. The molecule has 0 saturated carbocycles. The van der Waals surface area contributed by atoms with Crippen LogP contribution in [0.25, 0.3) is 11.0 Å². The van der Waals surface area contributed by atoms with Crippen LogP contribution in [0.4, 0.5) is 0 Å². The first-order valence-electron chi connectivity index (χ1n) is 9.76. The molecule has 4 rings (SSSR count). The minimum Gasteiger partial charge on any atom is -0.423 e. The minimum absolute atomic E-state index is 0.0945. The number of fused-ring (bicyclic) bond motifs is 1. The minimum atomic E-state index is -0.278. The van der Waals surface area contributed by atoms with Crippen molar-refractivity contribution in [3.63, 3.8) is 0 Å². The summed E-state index contributed by atoms with van der Waals surface area (Å²) in [4.78, 5) is 16.7. The fourth-order valence-corrected chi connectivity index (χ4v) is 4.42. The van der Waals surface area contributed by atoms with Gasteiger partial charge < -0.3 is 14.4 Å². The predicted octanol–water partition coefficient (Wildman–Crippen LogP) is 2.52. The van der Waals surface area contributed by atoms with Crippen molar-refractivity contribution in [2.45, 2.75) is 51.3 Å². The summed E-state index contributed by atoms with van der Waals surface area (Å²) < 4.78 is 5.38. The fraction of sp³-hybridized carbons (Fsp3) is 0.571. The Balaban J connectivity index is 1.37. The number of nitrogens with zero attached hydrogens (tertiary/aromatic N) is 2. The standard InChI is InChI=1S/C21H28N2O3/c1-15-12-21(25)26-20-13-16(2-3-19(15)20)14-22-8-4-17(5-9-22)23-10-6-18(24)7-11-23/h2-3,12-13,17-18,24H,4-11,14H2,1H3. The molecule has 2 aliphatic rings. The molecular formula is C21H28N2O3. The van der Waals surface area contributed by atoms with Crippen LogP contribution < -0.4 is 5.63 Å². The summed E-state index contributed by atoms with van der Waals surface area (Å²) in [5.74, 6) is 0. The molecule has 0 aliphatic carbocycles. The molecule has 2 saturated heterocycles. The van der Waals surface area contributed by atoms with E-state index in [9.17, 15) is 9.90 Å². The van der Waals surface area contributed by atoms with Crippen molar-refractivity contribution in [1.29, 1.82) is 0 Å². The van der Waals surface area contributed by atoms with E-state index in [2.05, 4.69) is 21.9 Å². The van der Waals surface area contributed by atoms with Crippen molar-refractivity contribution in [2.24, 2.45) is 0 Å². The summed E-state index contributed by atoms with van der Waals surface area (Å²) >= 11 is 0. The summed E-state index contributed by atoms with van der Waals surface area (Å²) in [5, 5.41) is 10.7. The number of aryl methyl sites for hydroxylation is 1. The van der Waals surface area contributed by atoms with E-state index in [1.54, 1.807) is 6.07 Å². The first kappa shape index (κ1) is 17.7. The summed E-state index contributed by atoms with van der Waals surface area (Å²) in [6, 6.07) is 8.44. The van der Waals surface area contributed by atoms with E-state index in [0.29, 0.717) is 11.6 Å². The molecule has 0 atom stereocenters. The van der Waals surface area contributed by atoms with Crippen LogP contribution in [-0.2, 0) is 6.54 Å². The summed E-state index contributed by atoms with van der Waals surface area (Å²) in [6.07, 6.45) is 4.13. The quantitative estimate of drug-likeness (QED) is 0.857. The number of benzene rings is 1. The van der Waals surface area contributed by atoms with Crippen LogP contribution in [0.15, 0.2) is 33.5 Å². The zero-order valence-corrected chi connectivity index (χ0v) is 15.5. The first-order valence-corrected chi connectivity index (χ1v) is 9.76. The lowest BCUT2D eigenvalue weighted by Gasteiger charge is -2.41. The molecule has 1 aromatic carbocycles. The van der Waals surface area contributed by atoms with E-state index in [-0.39, 0.29) is 11.7 Å². The van der Waals surface area contributed by atoms with Gasteiger partial charge in [0.25, 0.3) is 0 Å². The number of likely N-dealkylation sites (tertiary alicyclic amines) is 2. The molecule has 0 unspecified atom stereocenters. The van der Waals surface area contributed by atoms with E-state index in [4.69, 9.17) is 4.42 Å². The molecule has 1 N–H and O–H groups in total. The molecule has 2 fully saturated rings. The smallest absolute Gasteiger partial charge is 0.336 e. The van der Waals surface area contributed by atoms with Crippen LogP contribution in [0.3, 0.4) is 0 Å². The van der Waals surface area contributed by atoms with Gasteiger partial charge in [-0.25, -0.2) is 4.79 Å². The van der Waals surface area contributed by atoms with E-state index in [1.807, 2.05) is 13.0 Å². The van der Waals surface area contributed by atoms with Gasteiger partial charge in [-0.2, -0.15) is 0 Å². The molecule has 0 radical (unpaired) electrons. The van der Waals surface area contributed by atoms with Gasteiger partial charge in [-0.15, -0.1) is 0 Å². The van der Waals surface area contributed by atoms with Crippen LogP contribution in [0.5, 0.6) is 0 Å². The summed E-state index contributed by atoms with van der Waals surface area (Å²) in [5.41, 5.74) is 2.58. The zero-order chi connectivity index (χ0) is 18.1. The lowest BCUT2D eigenvalue weighted by Crippen LogP contribution is -2.48. The summed E-state index contributed by atoms with van der Waals surface area (Å²) in [6.45, 7) is 7.12. The zero-order valence-electron chi connectivity index (χ0n) is 15.5. The molecule has 2 aromatic rings. The molecule has 3 heterocycles. The van der Waals surface area contributed by atoms with Crippen LogP contribution in [-0.4, -0.2) is 53.2 Å². The Kier molecular flexibility index (Phi) is 5.11. The molecular weight excluding hydrogens is 328 g/mol. The van der Waals surface area contributed by atoms with Gasteiger partial charge >= 0.3 is 5.63 Å². The third-order valence-corrected chi connectivity index (χ3v) is 5.99. The van der Waals surface area contributed by atoms with Crippen molar-refractivity contribution in [2.75, 3.05) is 26.2 Å². The van der Waals surface area contributed by atoms with Gasteiger partial charge in [0, 0.05) is 37.1 Å². The van der Waals surface area contributed by atoms with Gasteiger partial charge in [0.1, 0.15) is 5.58 Å². The van der Waals surface area contributed by atoms with Crippen LogP contribution >= 0.6 is 0 Å². The normalized spacial score (nSPS) is 21.5. The monoisotopic (exact) mass is 356 g/mol. The Bertz CT molecular complexity index is 816. The topological polar surface area (TPSA) is 56.9 Å². The van der Waals surface area contributed by atoms with Crippen LogP contribution in [0.1, 0.15) is 36.8 Å². The Labute approximate surface area is 154 Å². The second kappa shape index (κ2) is 7.51. The first-order chi connectivity index (χ1) is 12.6. The van der Waals surface area contributed by atoms with Crippen molar-refractivity contribution in [3.8, 4) is 0 Å². The van der Waals surface area contributed by atoms with Crippen molar-refractivity contribution in [3.05, 3.63) is 45.8 Å². The molecule has 26 heavy (non-hydrogen) atoms. The van der Waals surface area contributed by atoms with Gasteiger partial charge in [0.05, 0.1) is 6.10 Å². The Morgan fingerprint density at radius 2 is 1.81 bits per heavy atom. The lowest BCUT2D eigenvalue weighted by molar-refractivity contribution is 0.0375. The Hall–Kier alpha value is -1.69. The molecule has 0 amide bonds. The molecule has 2 aliphatic heterocycles. The largest absolute Gasteiger partial charge is 0.423 e. The van der Waals surface area contributed by atoms with Crippen LogP contribution in [0.2, 0.25) is 0 Å². The summed E-state index contributed by atoms with van der Waals surface area (Å²) in [7, 11) is 0. The van der Waals surface area contributed by atoms with Crippen molar-refractivity contribution in [1.82, 2.24) is 9.80 Å². The maximum absolute atomic E-state index is 11.6. The molecule has 1 aromatic heterocycles. The highest BCUT2D eigenvalue weighted by atomic mass is 16.4. The number of piperidine rings is 2. The molecule has 5 nitrogen and oxygen atoms in total. The Morgan fingerprint density at radius 3 is 2.54 bits per heavy atom. The fourth-order valence-electron chi connectivity index (χ4n) is 4.42. The maximum atomic E-state index is 11.6. The van der Waals surface area contributed by atoms with Gasteiger partial charge in [0.2, 0.25) is 0 Å². The maximum Gasteiger partial charge on any atom is 0.336 e. The average Bonchev–Trinajstić information content (AvgIpc) is 2.63. The lowest BCUT2D eigenvalue weighted by atomic mass is 9.98. The third kappa shape index (κ3) is 3.85. The molecule has 0 bridgehead atoms. The van der Waals surface area contributed by atoms with Crippen molar-refractivity contribution >= 4 is 11.0 Å². The molecule has 5 heteroatoms.